The number of carbonyl (C=O) groups excluding carboxylic acids is 1. The first-order valence-corrected chi connectivity index (χ1v) is 11.3. The summed E-state index contributed by atoms with van der Waals surface area (Å²) in [7, 11) is 0. The summed E-state index contributed by atoms with van der Waals surface area (Å²) < 4.78 is 52.7. The number of hydrogen-bond acceptors (Lipinski definition) is 5. The van der Waals surface area contributed by atoms with Crippen LogP contribution in [-0.4, -0.2) is 28.6 Å². The molecule has 0 aliphatic carbocycles. The van der Waals surface area contributed by atoms with Crippen molar-refractivity contribution < 1.29 is 27.5 Å². The Morgan fingerprint density at radius 3 is 2.56 bits per heavy atom. The van der Waals surface area contributed by atoms with E-state index in [1.807, 2.05) is 19.1 Å². The molecule has 1 unspecified atom stereocenters. The molecule has 0 saturated carbocycles. The van der Waals surface area contributed by atoms with Crippen LogP contribution in [0, 0.1) is 5.82 Å². The minimum absolute atomic E-state index is 0.0128. The molecule has 3 rings (SSSR count). The molecule has 0 spiro atoms. The number of pyridine rings is 1. The Morgan fingerprint density at radius 1 is 1.11 bits per heavy atom. The second-order valence-corrected chi connectivity index (χ2v) is 8.62. The molecule has 1 amide bonds. The molecule has 6 nitrogen and oxygen atoms in total. The van der Waals surface area contributed by atoms with Crippen molar-refractivity contribution >= 4 is 11.7 Å². The van der Waals surface area contributed by atoms with Gasteiger partial charge in [0.1, 0.15) is 11.6 Å². The number of aromatic nitrogens is 1. The summed E-state index contributed by atoms with van der Waals surface area (Å²) >= 11 is 0. The van der Waals surface area contributed by atoms with Crippen molar-refractivity contribution in [2.45, 2.75) is 44.6 Å². The average Bonchev–Trinajstić information content (AvgIpc) is 2.82. The lowest BCUT2D eigenvalue weighted by Crippen LogP contribution is -2.32. The Balaban J connectivity index is 1.51. The highest BCUT2D eigenvalue weighted by Gasteiger charge is 2.33. The first-order valence-electron chi connectivity index (χ1n) is 11.3. The first-order chi connectivity index (χ1) is 17.0. The van der Waals surface area contributed by atoms with Crippen LogP contribution in [0.4, 0.5) is 23.4 Å². The van der Waals surface area contributed by atoms with Gasteiger partial charge in [-0.2, -0.15) is 13.2 Å². The van der Waals surface area contributed by atoms with Crippen molar-refractivity contribution in [2.75, 3.05) is 12.3 Å². The molecule has 5 N–H and O–H groups in total. The van der Waals surface area contributed by atoms with Gasteiger partial charge in [0.2, 0.25) is 5.91 Å². The summed E-state index contributed by atoms with van der Waals surface area (Å²) in [5.74, 6) is -1.06. The van der Waals surface area contributed by atoms with Gasteiger partial charge >= 0.3 is 6.18 Å². The number of carbonyl (C=O) groups is 1. The minimum atomic E-state index is -4.72. The molecule has 2 aromatic carbocycles. The fourth-order valence-electron chi connectivity index (χ4n) is 3.75. The fraction of sp³-hybridized carbons (Fsp3) is 0.308. The molecule has 0 bridgehead atoms. The van der Waals surface area contributed by atoms with Crippen LogP contribution in [0.5, 0.6) is 0 Å². The molecule has 10 heteroatoms. The van der Waals surface area contributed by atoms with E-state index in [1.54, 1.807) is 24.3 Å². The highest BCUT2D eigenvalue weighted by Crippen LogP contribution is 2.32. The second kappa shape index (κ2) is 12.0. The van der Waals surface area contributed by atoms with Crippen molar-refractivity contribution in [3.63, 3.8) is 0 Å². The number of benzene rings is 2. The number of hydrogen-bond donors (Lipinski definition) is 4. The average molecular weight is 505 g/mol. The largest absolute Gasteiger partial charge is 0.416 e. The van der Waals surface area contributed by atoms with Crippen molar-refractivity contribution in [2.24, 2.45) is 0 Å². The van der Waals surface area contributed by atoms with E-state index in [0.29, 0.717) is 36.0 Å². The summed E-state index contributed by atoms with van der Waals surface area (Å²) in [5, 5.41) is 16.0. The van der Waals surface area contributed by atoms with Crippen LogP contribution >= 0.6 is 0 Å². The standard InChI is InChI=1S/C26H28F4N4O2/c1-16(32-15-23(35)20-6-8-24(31)33-14-20)9-17-3-2-4-18(10-17)11-25(36)34-13-19-5-7-21(27)12-22(19)26(28,29)30/h2-8,10,12,14,16,23,32,35H,9,11,13,15H2,1H3,(H2,31,33)(H,34,36)/t16?,23-/m0/s1. The summed E-state index contributed by atoms with van der Waals surface area (Å²) in [6.07, 6.45) is -3.31. The number of alkyl halides is 3. The van der Waals surface area contributed by atoms with Crippen LogP contribution in [0.3, 0.4) is 0 Å². The van der Waals surface area contributed by atoms with Crippen molar-refractivity contribution in [3.8, 4) is 0 Å². The van der Waals surface area contributed by atoms with Crippen molar-refractivity contribution in [1.29, 1.82) is 0 Å². The predicted molar refractivity (Wildman–Crippen MR) is 128 cm³/mol. The molecular formula is C26H28F4N4O2. The smallest absolute Gasteiger partial charge is 0.387 e. The number of aliphatic hydroxyl groups is 1. The number of nitrogens with one attached hydrogen (secondary N) is 2. The van der Waals surface area contributed by atoms with E-state index >= 15 is 0 Å². The fourth-order valence-corrected chi connectivity index (χ4v) is 3.75. The third-order valence-corrected chi connectivity index (χ3v) is 5.60. The van der Waals surface area contributed by atoms with Crippen LogP contribution in [-0.2, 0) is 30.4 Å². The van der Waals surface area contributed by atoms with Gasteiger partial charge in [0.05, 0.1) is 18.1 Å². The Labute approximate surface area is 206 Å². The highest BCUT2D eigenvalue weighted by molar-refractivity contribution is 5.78. The van der Waals surface area contributed by atoms with Crippen LogP contribution in [0.15, 0.2) is 60.8 Å². The predicted octanol–water partition coefficient (Wildman–Crippen LogP) is 3.93. The Morgan fingerprint density at radius 2 is 1.86 bits per heavy atom. The van der Waals surface area contributed by atoms with E-state index in [1.165, 1.54) is 6.20 Å². The Bertz CT molecular complexity index is 1170. The Hall–Kier alpha value is -3.50. The lowest BCUT2D eigenvalue weighted by atomic mass is 10.0. The zero-order chi connectivity index (χ0) is 26.3. The maximum atomic E-state index is 13.3. The van der Waals surface area contributed by atoms with E-state index in [4.69, 9.17) is 5.73 Å². The molecule has 0 fully saturated rings. The summed E-state index contributed by atoms with van der Waals surface area (Å²) in [5.41, 5.74) is 6.57. The topological polar surface area (TPSA) is 100 Å². The second-order valence-electron chi connectivity index (χ2n) is 8.62. The number of nitrogens with zero attached hydrogens (tertiary/aromatic N) is 1. The zero-order valence-corrected chi connectivity index (χ0v) is 19.6. The van der Waals surface area contributed by atoms with E-state index < -0.39 is 29.6 Å². The third-order valence-electron chi connectivity index (χ3n) is 5.60. The molecule has 0 aliphatic rings. The van der Waals surface area contributed by atoms with Crippen LogP contribution < -0.4 is 16.4 Å². The third kappa shape index (κ3) is 8.03. The number of rotatable bonds is 10. The quantitative estimate of drug-likeness (QED) is 0.314. The minimum Gasteiger partial charge on any atom is -0.387 e. The molecule has 0 aliphatic heterocycles. The van der Waals surface area contributed by atoms with Crippen LogP contribution in [0.25, 0.3) is 0 Å². The maximum Gasteiger partial charge on any atom is 0.416 e. The van der Waals surface area contributed by atoms with E-state index in [-0.39, 0.29) is 24.6 Å². The number of nitrogens with two attached hydrogens (primary N) is 1. The molecule has 3 aromatic rings. The lowest BCUT2D eigenvalue weighted by Gasteiger charge is -2.18. The van der Waals surface area contributed by atoms with Crippen LogP contribution in [0.1, 0.15) is 40.8 Å². The lowest BCUT2D eigenvalue weighted by molar-refractivity contribution is -0.138. The summed E-state index contributed by atoms with van der Waals surface area (Å²) in [6, 6.07) is 13.1. The van der Waals surface area contributed by atoms with Crippen molar-refractivity contribution in [3.05, 3.63) is 94.4 Å². The van der Waals surface area contributed by atoms with Gasteiger partial charge in [-0.3, -0.25) is 4.79 Å². The normalized spacial score (nSPS) is 13.3. The number of amides is 1. The summed E-state index contributed by atoms with van der Waals surface area (Å²) in [4.78, 5) is 16.3. The summed E-state index contributed by atoms with van der Waals surface area (Å²) in [6.45, 7) is 1.92. The van der Waals surface area contributed by atoms with E-state index in [0.717, 1.165) is 17.7 Å². The molecule has 36 heavy (non-hydrogen) atoms. The highest BCUT2D eigenvalue weighted by atomic mass is 19.4. The van der Waals surface area contributed by atoms with Gasteiger partial charge in [-0.1, -0.05) is 36.4 Å². The molecule has 0 saturated heterocycles. The first kappa shape index (κ1) is 27.1. The van der Waals surface area contributed by atoms with E-state index in [9.17, 15) is 27.5 Å². The molecule has 0 radical (unpaired) electrons. The number of aliphatic hydroxyl groups excluding tert-OH is 1. The molecule has 1 heterocycles. The van der Waals surface area contributed by atoms with Gasteiger partial charge in [0, 0.05) is 30.9 Å². The number of anilines is 1. The zero-order valence-electron chi connectivity index (χ0n) is 19.6. The van der Waals surface area contributed by atoms with Gasteiger partial charge in [0.25, 0.3) is 0 Å². The number of nitrogen functional groups attached to an aromatic ring is 1. The van der Waals surface area contributed by atoms with Gasteiger partial charge < -0.3 is 21.5 Å². The van der Waals surface area contributed by atoms with Gasteiger partial charge in [-0.25, -0.2) is 9.37 Å². The maximum absolute atomic E-state index is 13.3. The number of halogens is 4. The van der Waals surface area contributed by atoms with Gasteiger partial charge in [-0.15, -0.1) is 0 Å². The molecule has 192 valence electrons. The Kier molecular flexibility index (Phi) is 9.00. The monoisotopic (exact) mass is 504 g/mol. The van der Waals surface area contributed by atoms with Crippen LogP contribution in [0.2, 0.25) is 0 Å². The molecular weight excluding hydrogens is 476 g/mol. The van der Waals surface area contributed by atoms with Gasteiger partial charge in [0.15, 0.2) is 0 Å². The van der Waals surface area contributed by atoms with E-state index in [2.05, 4.69) is 15.6 Å². The van der Waals surface area contributed by atoms with Gasteiger partial charge in [-0.05, 0) is 48.2 Å². The van der Waals surface area contributed by atoms with Crippen molar-refractivity contribution in [1.82, 2.24) is 15.6 Å². The molecule has 1 aromatic heterocycles. The molecule has 2 atom stereocenters. The SMILES string of the molecule is CC(Cc1cccc(CC(=O)NCc2ccc(F)cc2C(F)(F)F)c1)NC[C@H](O)c1ccc(N)nc1.